The van der Waals surface area contributed by atoms with Crippen molar-refractivity contribution in [2.45, 2.75) is 26.4 Å². The first-order valence-electron chi connectivity index (χ1n) is 7.37. The van der Waals surface area contributed by atoms with E-state index in [2.05, 4.69) is 15.0 Å². The Bertz CT molecular complexity index is 783. The minimum Gasteiger partial charge on any atom is -0.441 e. The highest BCUT2D eigenvalue weighted by Crippen LogP contribution is 2.25. The highest BCUT2D eigenvalue weighted by molar-refractivity contribution is 5.53. The number of halogens is 1. The second-order valence-corrected chi connectivity index (χ2v) is 5.55. The maximum absolute atomic E-state index is 13.3. The summed E-state index contributed by atoms with van der Waals surface area (Å²) in [4.78, 5) is 6.60. The first kappa shape index (κ1) is 15.4. The molecule has 3 rings (SSSR count). The third kappa shape index (κ3) is 3.32. The molecule has 3 aromatic rings. The standard InChI is InChI=1S/C17H18FN3O2/c1-11(15-7-8-22-20-15)21(3)10-16-12(2)23-17(19-16)13-5-4-6-14(18)9-13/h4-9,11H,10H2,1-3H3. The molecule has 2 heterocycles. The van der Waals surface area contributed by atoms with Gasteiger partial charge in [-0.15, -0.1) is 0 Å². The Morgan fingerprint density at radius 2 is 2.13 bits per heavy atom. The van der Waals surface area contributed by atoms with E-state index < -0.39 is 0 Å². The summed E-state index contributed by atoms with van der Waals surface area (Å²) >= 11 is 0. The molecule has 0 saturated heterocycles. The van der Waals surface area contributed by atoms with Gasteiger partial charge in [0.25, 0.3) is 0 Å². The fourth-order valence-electron chi connectivity index (χ4n) is 2.36. The molecule has 0 fully saturated rings. The molecule has 0 amide bonds. The lowest BCUT2D eigenvalue weighted by Gasteiger charge is -2.21. The lowest BCUT2D eigenvalue weighted by atomic mass is 10.2. The fraction of sp³-hybridized carbons (Fsp3) is 0.294. The maximum Gasteiger partial charge on any atom is 0.226 e. The van der Waals surface area contributed by atoms with Crippen LogP contribution in [0.25, 0.3) is 11.5 Å². The number of aryl methyl sites for hydroxylation is 1. The van der Waals surface area contributed by atoms with E-state index in [-0.39, 0.29) is 11.9 Å². The molecular weight excluding hydrogens is 297 g/mol. The number of aromatic nitrogens is 2. The Balaban J connectivity index is 1.79. The fourth-order valence-corrected chi connectivity index (χ4v) is 2.36. The van der Waals surface area contributed by atoms with Crippen molar-refractivity contribution in [3.05, 3.63) is 59.6 Å². The van der Waals surface area contributed by atoms with Gasteiger partial charge in [-0.25, -0.2) is 9.37 Å². The topological polar surface area (TPSA) is 55.3 Å². The molecule has 0 aliphatic rings. The van der Waals surface area contributed by atoms with Gasteiger partial charge in [0.15, 0.2) is 0 Å². The molecular formula is C17H18FN3O2. The largest absolute Gasteiger partial charge is 0.441 e. The molecule has 1 unspecified atom stereocenters. The SMILES string of the molecule is Cc1oc(-c2cccc(F)c2)nc1CN(C)C(C)c1ccon1. The minimum absolute atomic E-state index is 0.0856. The first-order valence-corrected chi connectivity index (χ1v) is 7.37. The average Bonchev–Trinajstić information content (AvgIpc) is 3.17. The van der Waals surface area contributed by atoms with Crippen LogP contribution in [0.3, 0.4) is 0 Å². The molecule has 0 N–H and O–H groups in total. The second-order valence-electron chi connectivity index (χ2n) is 5.55. The Morgan fingerprint density at radius 3 is 2.83 bits per heavy atom. The van der Waals surface area contributed by atoms with Gasteiger partial charge in [0.2, 0.25) is 5.89 Å². The van der Waals surface area contributed by atoms with Crippen molar-refractivity contribution < 1.29 is 13.3 Å². The molecule has 1 atom stereocenters. The lowest BCUT2D eigenvalue weighted by molar-refractivity contribution is 0.237. The second kappa shape index (κ2) is 6.34. The molecule has 0 saturated carbocycles. The highest BCUT2D eigenvalue weighted by Gasteiger charge is 2.19. The number of oxazole rings is 1. The molecule has 23 heavy (non-hydrogen) atoms. The zero-order valence-corrected chi connectivity index (χ0v) is 13.3. The summed E-state index contributed by atoms with van der Waals surface area (Å²) in [6.45, 7) is 4.50. The first-order chi connectivity index (χ1) is 11.0. The van der Waals surface area contributed by atoms with Crippen molar-refractivity contribution in [2.75, 3.05) is 7.05 Å². The van der Waals surface area contributed by atoms with Gasteiger partial charge in [-0.05, 0) is 39.1 Å². The van der Waals surface area contributed by atoms with Gasteiger partial charge < -0.3 is 8.94 Å². The van der Waals surface area contributed by atoms with Crippen molar-refractivity contribution in [3.63, 3.8) is 0 Å². The Kier molecular flexibility index (Phi) is 4.25. The van der Waals surface area contributed by atoms with Crippen LogP contribution in [0.15, 0.2) is 45.5 Å². The molecule has 120 valence electrons. The Labute approximate surface area is 133 Å². The highest BCUT2D eigenvalue weighted by atomic mass is 19.1. The summed E-state index contributed by atoms with van der Waals surface area (Å²) in [6, 6.07) is 8.16. The van der Waals surface area contributed by atoms with Gasteiger partial charge >= 0.3 is 0 Å². The average molecular weight is 315 g/mol. The quantitative estimate of drug-likeness (QED) is 0.713. The molecule has 0 spiro atoms. The van der Waals surface area contributed by atoms with E-state index in [0.717, 1.165) is 17.1 Å². The normalized spacial score (nSPS) is 12.7. The summed E-state index contributed by atoms with van der Waals surface area (Å²) in [6.07, 6.45) is 1.56. The summed E-state index contributed by atoms with van der Waals surface area (Å²) in [7, 11) is 1.98. The van der Waals surface area contributed by atoms with Crippen LogP contribution < -0.4 is 0 Å². The summed E-state index contributed by atoms with van der Waals surface area (Å²) < 4.78 is 23.9. The number of nitrogens with zero attached hydrogens (tertiary/aromatic N) is 3. The molecule has 0 aliphatic heterocycles. The van der Waals surface area contributed by atoms with Gasteiger partial charge in [-0.1, -0.05) is 11.2 Å². The minimum atomic E-state index is -0.309. The van der Waals surface area contributed by atoms with E-state index in [4.69, 9.17) is 8.94 Å². The van der Waals surface area contributed by atoms with Crippen molar-refractivity contribution in [2.24, 2.45) is 0 Å². The van der Waals surface area contributed by atoms with E-state index >= 15 is 0 Å². The van der Waals surface area contributed by atoms with Gasteiger partial charge in [-0.2, -0.15) is 0 Å². The van der Waals surface area contributed by atoms with E-state index in [1.54, 1.807) is 18.4 Å². The lowest BCUT2D eigenvalue weighted by Crippen LogP contribution is -2.22. The van der Waals surface area contributed by atoms with Crippen LogP contribution >= 0.6 is 0 Å². The van der Waals surface area contributed by atoms with Crippen molar-refractivity contribution in [1.82, 2.24) is 15.0 Å². The predicted octanol–water partition coefficient (Wildman–Crippen LogP) is 3.97. The number of rotatable bonds is 5. The molecule has 1 aromatic carbocycles. The summed E-state index contributed by atoms with van der Waals surface area (Å²) in [5.41, 5.74) is 2.31. The van der Waals surface area contributed by atoms with Crippen LogP contribution in [0.4, 0.5) is 4.39 Å². The smallest absolute Gasteiger partial charge is 0.226 e. The van der Waals surface area contributed by atoms with E-state index in [9.17, 15) is 4.39 Å². The zero-order chi connectivity index (χ0) is 16.4. The Morgan fingerprint density at radius 1 is 1.30 bits per heavy atom. The van der Waals surface area contributed by atoms with Gasteiger partial charge in [0, 0.05) is 18.2 Å². The van der Waals surface area contributed by atoms with Crippen molar-refractivity contribution >= 4 is 0 Å². The molecule has 0 radical (unpaired) electrons. The van der Waals surface area contributed by atoms with Crippen LogP contribution in [0.1, 0.15) is 30.1 Å². The third-order valence-corrected chi connectivity index (χ3v) is 3.91. The van der Waals surface area contributed by atoms with E-state index in [0.29, 0.717) is 18.0 Å². The molecule has 0 aliphatic carbocycles. The van der Waals surface area contributed by atoms with Crippen molar-refractivity contribution in [1.29, 1.82) is 0 Å². The van der Waals surface area contributed by atoms with Crippen LogP contribution in [0.2, 0.25) is 0 Å². The van der Waals surface area contributed by atoms with Crippen LogP contribution in [0.5, 0.6) is 0 Å². The van der Waals surface area contributed by atoms with Gasteiger partial charge in [-0.3, -0.25) is 4.90 Å². The number of hydrogen-bond acceptors (Lipinski definition) is 5. The van der Waals surface area contributed by atoms with E-state index in [1.165, 1.54) is 12.1 Å². The van der Waals surface area contributed by atoms with Crippen LogP contribution in [-0.4, -0.2) is 22.1 Å². The monoisotopic (exact) mass is 315 g/mol. The van der Waals surface area contributed by atoms with E-state index in [1.807, 2.05) is 27.0 Å². The van der Waals surface area contributed by atoms with Gasteiger partial charge in [0.05, 0.1) is 11.7 Å². The number of hydrogen-bond donors (Lipinski definition) is 0. The third-order valence-electron chi connectivity index (χ3n) is 3.91. The zero-order valence-electron chi connectivity index (χ0n) is 13.3. The molecule has 2 aromatic heterocycles. The maximum atomic E-state index is 13.3. The molecule has 5 nitrogen and oxygen atoms in total. The Hall–Kier alpha value is -2.47. The van der Waals surface area contributed by atoms with Crippen LogP contribution in [0, 0.1) is 12.7 Å². The summed E-state index contributed by atoms with van der Waals surface area (Å²) in [5.74, 6) is 0.847. The number of benzene rings is 1. The van der Waals surface area contributed by atoms with Crippen molar-refractivity contribution in [3.8, 4) is 11.5 Å². The molecule has 0 bridgehead atoms. The van der Waals surface area contributed by atoms with Gasteiger partial charge in [0.1, 0.15) is 23.5 Å². The molecule has 6 heteroatoms. The van der Waals surface area contributed by atoms with Crippen LogP contribution in [-0.2, 0) is 6.54 Å². The summed E-state index contributed by atoms with van der Waals surface area (Å²) in [5, 5.41) is 3.96. The predicted molar refractivity (Wildman–Crippen MR) is 83.0 cm³/mol.